The number of carbonyl (C=O) groups is 1. The van der Waals surface area contributed by atoms with E-state index in [1.54, 1.807) is 6.92 Å². The number of rotatable bonds is 7. The number of nitrogens with zero attached hydrogens (tertiary/aromatic N) is 4. The van der Waals surface area contributed by atoms with E-state index in [0.717, 1.165) is 18.9 Å². The zero-order chi connectivity index (χ0) is 27.2. The lowest BCUT2D eigenvalue weighted by molar-refractivity contribution is 0.0479. The number of carbonyl (C=O) groups excluding carboxylic acids is 1. The van der Waals surface area contributed by atoms with Crippen LogP contribution < -0.4 is 22.3 Å². The lowest BCUT2D eigenvalue weighted by Crippen LogP contribution is -2.64. The molecule has 13 heteroatoms. The Morgan fingerprint density at radius 1 is 1.35 bits per heavy atom. The van der Waals surface area contributed by atoms with Gasteiger partial charge in [0.15, 0.2) is 0 Å². The second-order valence-electron chi connectivity index (χ2n) is 10.1. The van der Waals surface area contributed by atoms with Gasteiger partial charge in [-0.2, -0.15) is 10.7 Å². The number of hydrogen-bond donors (Lipinski definition) is 5. The molecule has 0 saturated heterocycles. The Morgan fingerprint density at radius 3 is 2.62 bits per heavy atom. The Kier molecular flexibility index (Phi) is 6.98. The molecule has 1 amide bonds. The molecule has 0 aromatic carbocycles. The number of amidine groups is 1. The Bertz CT molecular complexity index is 1330. The van der Waals surface area contributed by atoms with E-state index >= 15 is 4.39 Å². The average Bonchev–Trinajstić information content (AvgIpc) is 3.63. The van der Waals surface area contributed by atoms with Gasteiger partial charge in [-0.1, -0.05) is 11.6 Å². The zero-order valence-electron chi connectivity index (χ0n) is 20.6. The predicted molar refractivity (Wildman–Crippen MR) is 140 cm³/mol. The summed E-state index contributed by atoms with van der Waals surface area (Å²) < 4.78 is 14.8. The van der Waals surface area contributed by atoms with Gasteiger partial charge in [0.05, 0.1) is 15.3 Å². The van der Waals surface area contributed by atoms with Crippen LogP contribution in [0.3, 0.4) is 0 Å². The van der Waals surface area contributed by atoms with Crippen LogP contribution in [0.2, 0.25) is 5.02 Å². The monoisotopic (exact) mass is 546 g/mol. The lowest BCUT2D eigenvalue weighted by Gasteiger charge is -2.52. The Morgan fingerprint density at radius 2 is 2.05 bits per heavy atom. The van der Waals surface area contributed by atoms with Crippen molar-refractivity contribution >= 4 is 40.9 Å². The van der Waals surface area contributed by atoms with Crippen LogP contribution >= 0.6 is 23.4 Å². The molecule has 2 aromatic rings. The van der Waals surface area contributed by atoms with Crippen LogP contribution in [0.25, 0.3) is 0 Å². The van der Waals surface area contributed by atoms with Gasteiger partial charge in [-0.05, 0) is 70.2 Å². The molecule has 1 aliphatic heterocycles. The number of nitrogens with two attached hydrogens (primary N) is 2. The highest BCUT2D eigenvalue weighted by molar-refractivity contribution is 8.02. The fourth-order valence-electron chi connectivity index (χ4n) is 4.53. The van der Waals surface area contributed by atoms with Crippen molar-refractivity contribution in [2.24, 2.45) is 21.9 Å². The first-order chi connectivity index (χ1) is 17.3. The first-order valence-corrected chi connectivity index (χ1v) is 12.7. The Balaban J connectivity index is 1.78. The molecular formula is C24H28ClFN8O2S. The molecular weight excluding hydrogens is 519 g/mol. The van der Waals surface area contributed by atoms with E-state index < -0.39 is 26.9 Å². The number of anilines is 1. The van der Waals surface area contributed by atoms with Gasteiger partial charge in [-0.15, -0.1) is 11.8 Å². The number of pyridine rings is 2. The molecule has 7 N–H and O–H groups in total. The summed E-state index contributed by atoms with van der Waals surface area (Å²) in [5.74, 6) is -1.12. The van der Waals surface area contributed by atoms with E-state index in [1.165, 1.54) is 30.1 Å². The summed E-state index contributed by atoms with van der Waals surface area (Å²) in [5.41, 5.74) is 13.1. The third kappa shape index (κ3) is 4.78. The van der Waals surface area contributed by atoms with Gasteiger partial charge in [-0.25, -0.2) is 14.4 Å². The number of halogens is 2. The zero-order valence-corrected chi connectivity index (χ0v) is 22.2. The van der Waals surface area contributed by atoms with Crippen molar-refractivity contribution in [2.75, 3.05) is 11.9 Å². The molecule has 1 saturated carbocycles. The average molecular weight is 547 g/mol. The molecule has 0 bridgehead atoms. The second-order valence-corrected chi connectivity index (χ2v) is 12.5. The van der Waals surface area contributed by atoms with Crippen molar-refractivity contribution < 1.29 is 14.4 Å². The van der Waals surface area contributed by atoms with E-state index in [4.69, 9.17) is 33.3 Å². The van der Waals surface area contributed by atoms with Crippen molar-refractivity contribution in [2.45, 2.75) is 55.2 Å². The molecule has 2 aliphatic rings. The van der Waals surface area contributed by atoms with Gasteiger partial charge >= 0.3 is 0 Å². The molecule has 2 atom stereocenters. The van der Waals surface area contributed by atoms with Crippen LogP contribution in [0, 0.1) is 22.6 Å². The van der Waals surface area contributed by atoms with Crippen molar-refractivity contribution in [3.63, 3.8) is 0 Å². The molecule has 0 radical (unpaired) electrons. The minimum atomic E-state index is -1.48. The minimum absolute atomic E-state index is 0.0141. The number of hydrogen-bond acceptors (Lipinski definition) is 10. The number of amides is 1. The van der Waals surface area contributed by atoms with Gasteiger partial charge in [0, 0.05) is 6.20 Å². The van der Waals surface area contributed by atoms with Gasteiger partial charge < -0.3 is 22.0 Å². The van der Waals surface area contributed by atoms with E-state index in [2.05, 4.69) is 20.8 Å². The van der Waals surface area contributed by atoms with E-state index in [0.29, 0.717) is 13.0 Å². The molecule has 1 aliphatic carbocycles. The summed E-state index contributed by atoms with van der Waals surface area (Å²) in [5, 5.41) is 22.1. The highest BCUT2D eigenvalue weighted by Crippen LogP contribution is 2.61. The molecule has 0 spiro atoms. The van der Waals surface area contributed by atoms with Crippen molar-refractivity contribution in [3.8, 4) is 6.07 Å². The van der Waals surface area contributed by atoms with E-state index in [1.807, 2.05) is 19.9 Å². The Labute approximate surface area is 223 Å². The van der Waals surface area contributed by atoms with Crippen molar-refractivity contribution in [1.29, 1.82) is 5.26 Å². The maximum Gasteiger partial charge on any atom is 0.276 e. The molecule has 2 aromatic heterocycles. The highest BCUT2D eigenvalue weighted by Gasteiger charge is 2.62. The van der Waals surface area contributed by atoms with Crippen molar-refractivity contribution in [3.05, 3.63) is 52.2 Å². The van der Waals surface area contributed by atoms with Gasteiger partial charge in [-0.3, -0.25) is 9.79 Å². The summed E-state index contributed by atoms with van der Waals surface area (Å²) in [4.78, 5) is 24.7. The topological polar surface area (TPSA) is 175 Å². The number of hydroxylamine groups is 1. The second kappa shape index (κ2) is 9.49. The van der Waals surface area contributed by atoms with Crippen LogP contribution in [-0.4, -0.2) is 43.1 Å². The third-order valence-corrected chi connectivity index (χ3v) is 9.09. The highest BCUT2D eigenvalue weighted by atomic mass is 35.5. The fraction of sp³-hybridized carbons (Fsp3) is 0.458. The summed E-state index contributed by atoms with van der Waals surface area (Å²) in [6, 6.07) is 5.66. The molecule has 10 nitrogen and oxygen atoms in total. The first-order valence-electron chi connectivity index (χ1n) is 11.6. The summed E-state index contributed by atoms with van der Waals surface area (Å²) in [7, 11) is 0. The summed E-state index contributed by atoms with van der Waals surface area (Å²) in [6.07, 6.45) is 3.34. The number of aromatic nitrogens is 2. The summed E-state index contributed by atoms with van der Waals surface area (Å²) in [6.45, 7) is 5.79. The lowest BCUT2D eigenvalue weighted by atomic mass is 9.80. The standard InChI is InChI=1S/C24H28ClFN8O2S/c1-21(2)20(29)33-22(3,24(34-36,37-21)11-23(12-28)6-7-23)18-15(26)4-5-16(31-18)32-19(35)17-14(25)8-13(9-27)10-30-17/h4-5,8,10,34,36H,6-7,11-12,28H2,1-3H3,(H2,29,33)(H,31,32,35)/t22-,24?/m1/s1. The van der Waals surface area contributed by atoms with Gasteiger partial charge in [0.1, 0.15) is 45.3 Å². The minimum Gasteiger partial charge on any atom is -0.386 e. The molecule has 37 heavy (non-hydrogen) atoms. The summed E-state index contributed by atoms with van der Waals surface area (Å²) >= 11 is 7.45. The fourth-order valence-corrected chi connectivity index (χ4v) is 6.57. The number of thioether (sulfide) groups is 1. The SMILES string of the molecule is CC1(C)SC(CC2(CN)CC2)(NO)[C@@](C)(c2nc(NC(=O)c3ncc(C#N)cc3Cl)ccc2F)N=C1N. The van der Waals surface area contributed by atoms with Crippen molar-refractivity contribution in [1.82, 2.24) is 15.4 Å². The number of nitriles is 1. The quantitative estimate of drug-likeness (QED) is 0.326. The molecule has 4 rings (SSSR count). The number of nitrogens with one attached hydrogen (secondary N) is 2. The largest absolute Gasteiger partial charge is 0.386 e. The van der Waals surface area contributed by atoms with Crippen LogP contribution in [-0.2, 0) is 5.54 Å². The van der Waals surface area contributed by atoms with Crippen LogP contribution in [0.5, 0.6) is 0 Å². The maximum absolute atomic E-state index is 15.4. The van der Waals surface area contributed by atoms with E-state index in [-0.39, 0.29) is 39.0 Å². The normalized spacial score (nSPS) is 25.6. The smallest absolute Gasteiger partial charge is 0.276 e. The van der Waals surface area contributed by atoms with Crippen LogP contribution in [0.4, 0.5) is 10.2 Å². The van der Waals surface area contributed by atoms with Crippen LogP contribution in [0.15, 0.2) is 29.4 Å². The third-order valence-electron chi connectivity index (χ3n) is 7.11. The van der Waals surface area contributed by atoms with E-state index in [9.17, 15) is 10.0 Å². The molecule has 1 unspecified atom stereocenters. The number of aliphatic imine (C=N–C) groups is 1. The Hall–Kier alpha value is -2.82. The maximum atomic E-state index is 15.4. The predicted octanol–water partition coefficient (Wildman–Crippen LogP) is 3.29. The molecule has 196 valence electrons. The van der Waals surface area contributed by atoms with Gasteiger partial charge in [0.25, 0.3) is 5.91 Å². The molecule has 3 heterocycles. The van der Waals surface area contributed by atoms with Gasteiger partial charge in [0.2, 0.25) is 0 Å². The first kappa shape index (κ1) is 27.2. The van der Waals surface area contributed by atoms with Crippen LogP contribution in [0.1, 0.15) is 61.8 Å². The molecule has 1 fully saturated rings.